The highest BCUT2D eigenvalue weighted by Gasteiger charge is 2.37. The smallest absolute Gasteiger partial charge is 0.271 e. The molecule has 0 saturated carbocycles. The topological polar surface area (TPSA) is 102 Å². The maximum atomic E-state index is 13.0. The Morgan fingerprint density at radius 2 is 1.90 bits per heavy atom. The molecule has 1 N–H and O–H groups in total. The van der Waals surface area contributed by atoms with E-state index in [9.17, 15) is 18.0 Å². The Morgan fingerprint density at radius 3 is 2.58 bits per heavy atom. The molecule has 0 aromatic heterocycles. The standard InChI is InChI=1S/C21H29N5O4S/c1-2-24-10-12-25(13-11-24)19-6-4-3-5-17(19)22-21(28)18-7-8-20(27)26(23-18)16-9-14-31(29,30)15-16/h3-6,16H,2,7-15H2,1H3,(H,22,28). The van der Waals surface area contributed by atoms with Crippen LogP contribution in [-0.2, 0) is 19.4 Å². The number of hydrogen-bond acceptors (Lipinski definition) is 7. The van der Waals surface area contributed by atoms with Crippen LogP contribution in [0.2, 0.25) is 0 Å². The summed E-state index contributed by atoms with van der Waals surface area (Å²) in [4.78, 5) is 29.9. The molecule has 4 rings (SSSR count). The lowest BCUT2D eigenvalue weighted by atomic mass is 10.1. The second-order valence-electron chi connectivity index (χ2n) is 8.23. The van der Waals surface area contributed by atoms with Crippen LogP contribution in [0, 0.1) is 0 Å². The van der Waals surface area contributed by atoms with E-state index in [0.717, 1.165) is 38.4 Å². The van der Waals surface area contributed by atoms with E-state index in [0.29, 0.717) is 12.1 Å². The molecule has 1 atom stereocenters. The second kappa shape index (κ2) is 8.96. The van der Waals surface area contributed by atoms with Crippen molar-refractivity contribution in [1.82, 2.24) is 9.91 Å². The maximum absolute atomic E-state index is 13.0. The zero-order valence-corrected chi connectivity index (χ0v) is 18.6. The van der Waals surface area contributed by atoms with Crippen LogP contribution in [-0.4, -0.2) is 86.1 Å². The van der Waals surface area contributed by atoms with Gasteiger partial charge >= 0.3 is 0 Å². The van der Waals surface area contributed by atoms with Crippen LogP contribution in [0.1, 0.15) is 26.2 Å². The second-order valence-corrected chi connectivity index (χ2v) is 10.5. The number of nitrogens with one attached hydrogen (secondary N) is 1. The van der Waals surface area contributed by atoms with Gasteiger partial charge in [0.2, 0.25) is 5.91 Å². The predicted octanol–water partition coefficient (Wildman–Crippen LogP) is 0.933. The van der Waals surface area contributed by atoms with Crippen molar-refractivity contribution >= 4 is 38.7 Å². The molecular weight excluding hydrogens is 418 g/mol. The van der Waals surface area contributed by atoms with Crippen LogP contribution >= 0.6 is 0 Å². The molecule has 0 aliphatic carbocycles. The molecule has 2 saturated heterocycles. The molecule has 3 heterocycles. The Hall–Kier alpha value is -2.46. The first-order chi connectivity index (χ1) is 14.9. The molecule has 31 heavy (non-hydrogen) atoms. The Kier molecular flexibility index (Phi) is 6.29. The lowest BCUT2D eigenvalue weighted by molar-refractivity contribution is -0.133. The van der Waals surface area contributed by atoms with E-state index < -0.39 is 15.9 Å². The molecule has 168 valence electrons. The summed E-state index contributed by atoms with van der Waals surface area (Å²) in [6.07, 6.45) is 0.764. The molecule has 0 radical (unpaired) electrons. The van der Waals surface area contributed by atoms with Crippen molar-refractivity contribution in [2.75, 3.05) is 54.4 Å². The Morgan fingerprint density at radius 1 is 1.16 bits per heavy atom. The van der Waals surface area contributed by atoms with Crippen molar-refractivity contribution < 1.29 is 18.0 Å². The summed E-state index contributed by atoms with van der Waals surface area (Å²) in [6, 6.07) is 7.22. The van der Waals surface area contributed by atoms with E-state index in [2.05, 4.69) is 27.1 Å². The first-order valence-corrected chi connectivity index (χ1v) is 12.7. The van der Waals surface area contributed by atoms with E-state index >= 15 is 0 Å². The fourth-order valence-corrected chi connectivity index (χ4v) is 6.03. The van der Waals surface area contributed by atoms with Gasteiger partial charge in [0.05, 0.1) is 28.9 Å². The summed E-state index contributed by atoms with van der Waals surface area (Å²) in [6.45, 7) is 6.92. The monoisotopic (exact) mass is 447 g/mol. The number of rotatable bonds is 5. The highest BCUT2D eigenvalue weighted by molar-refractivity contribution is 7.91. The minimum Gasteiger partial charge on any atom is -0.367 e. The van der Waals surface area contributed by atoms with E-state index in [1.54, 1.807) is 0 Å². The summed E-state index contributed by atoms with van der Waals surface area (Å²) in [5, 5.41) is 8.46. The average Bonchev–Trinajstić information content (AvgIpc) is 3.14. The third kappa shape index (κ3) is 4.90. The van der Waals surface area contributed by atoms with Gasteiger partial charge in [-0.1, -0.05) is 19.1 Å². The summed E-state index contributed by atoms with van der Waals surface area (Å²) >= 11 is 0. The molecule has 3 aliphatic rings. The molecule has 1 unspecified atom stereocenters. The fourth-order valence-electron chi connectivity index (χ4n) is 4.34. The Balaban J connectivity index is 1.48. The normalized spacial score (nSPS) is 24.2. The van der Waals surface area contributed by atoms with Gasteiger partial charge in [-0.05, 0) is 25.1 Å². The largest absolute Gasteiger partial charge is 0.367 e. The van der Waals surface area contributed by atoms with Crippen molar-refractivity contribution in [2.24, 2.45) is 5.10 Å². The van der Waals surface area contributed by atoms with Crippen LogP contribution in [0.3, 0.4) is 0 Å². The molecule has 10 heteroatoms. The maximum Gasteiger partial charge on any atom is 0.271 e. The Labute approximate surface area is 183 Å². The van der Waals surface area contributed by atoms with Gasteiger partial charge in [0.1, 0.15) is 5.71 Å². The highest BCUT2D eigenvalue weighted by Crippen LogP contribution is 2.27. The number of likely N-dealkylation sites (N-methyl/N-ethyl adjacent to an activating group) is 1. The number of anilines is 2. The number of carbonyl (C=O) groups is 2. The number of benzene rings is 1. The van der Waals surface area contributed by atoms with Crippen LogP contribution in [0.4, 0.5) is 11.4 Å². The van der Waals surface area contributed by atoms with Crippen LogP contribution < -0.4 is 10.2 Å². The van der Waals surface area contributed by atoms with E-state index in [1.807, 2.05) is 24.3 Å². The van der Waals surface area contributed by atoms with Crippen LogP contribution in [0.15, 0.2) is 29.4 Å². The quantitative estimate of drug-likeness (QED) is 0.721. The van der Waals surface area contributed by atoms with Gasteiger partial charge in [-0.15, -0.1) is 0 Å². The van der Waals surface area contributed by atoms with Gasteiger partial charge in [0.15, 0.2) is 9.84 Å². The number of sulfone groups is 1. The molecule has 1 aromatic rings. The average molecular weight is 448 g/mol. The van der Waals surface area contributed by atoms with Crippen LogP contribution in [0.25, 0.3) is 0 Å². The number of hydrogen-bond donors (Lipinski definition) is 1. The summed E-state index contributed by atoms with van der Waals surface area (Å²) < 4.78 is 23.6. The molecule has 2 fully saturated rings. The van der Waals surface area contributed by atoms with Gasteiger partial charge in [-0.25, -0.2) is 13.4 Å². The number of piperazine rings is 1. The molecule has 1 aromatic carbocycles. The highest BCUT2D eigenvalue weighted by atomic mass is 32.2. The van der Waals surface area contributed by atoms with Crippen molar-refractivity contribution in [2.45, 2.75) is 32.2 Å². The Bertz CT molecular complexity index is 985. The van der Waals surface area contributed by atoms with Crippen molar-refractivity contribution in [3.8, 4) is 0 Å². The lowest BCUT2D eigenvalue weighted by Crippen LogP contribution is -2.46. The number of nitrogens with zero attached hydrogens (tertiary/aromatic N) is 4. The van der Waals surface area contributed by atoms with E-state index in [4.69, 9.17) is 0 Å². The van der Waals surface area contributed by atoms with Gasteiger partial charge in [-0.2, -0.15) is 5.10 Å². The number of amides is 2. The first kappa shape index (κ1) is 21.8. The molecule has 0 bridgehead atoms. The number of carbonyl (C=O) groups excluding carboxylic acids is 2. The van der Waals surface area contributed by atoms with Gasteiger partial charge in [0, 0.05) is 39.0 Å². The first-order valence-electron chi connectivity index (χ1n) is 10.8. The van der Waals surface area contributed by atoms with Crippen molar-refractivity contribution in [3.63, 3.8) is 0 Å². The molecule has 0 spiro atoms. The minimum absolute atomic E-state index is 0.0527. The zero-order chi connectivity index (χ0) is 22.0. The number of hydrazone groups is 1. The predicted molar refractivity (Wildman–Crippen MR) is 120 cm³/mol. The van der Waals surface area contributed by atoms with Gasteiger partial charge in [0.25, 0.3) is 5.91 Å². The van der Waals surface area contributed by atoms with Gasteiger partial charge < -0.3 is 15.1 Å². The molecule has 2 amide bonds. The number of para-hydroxylation sites is 2. The van der Waals surface area contributed by atoms with Crippen LogP contribution in [0.5, 0.6) is 0 Å². The molecule has 9 nitrogen and oxygen atoms in total. The van der Waals surface area contributed by atoms with E-state index in [1.165, 1.54) is 5.01 Å². The summed E-state index contributed by atoms with van der Waals surface area (Å²) in [7, 11) is -3.15. The lowest BCUT2D eigenvalue weighted by Gasteiger charge is -2.36. The molecular formula is C21H29N5O4S. The SMILES string of the molecule is CCN1CCN(c2ccccc2NC(=O)C2=NN(C3CCS(=O)(=O)C3)C(=O)CC2)CC1. The van der Waals surface area contributed by atoms with Gasteiger partial charge in [-0.3, -0.25) is 9.59 Å². The summed E-state index contributed by atoms with van der Waals surface area (Å²) in [5.41, 5.74) is 1.94. The van der Waals surface area contributed by atoms with Crippen molar-refractivity contribution in [1.29, 1.82) is 0 Å². The minimum atomic E-state index is -3.15. The molecule has 3 aliphatic heterocycles. The van der Waals surface area contributed by atoms with E-state index in [-0.39, 0.29) is 41.9 Å². The third-order valence-electron chi connectivity index (χ3n) is 6.19. The third-order valence-corrected chi connectivity index (χ3v) is 7.94. The fraction of sp³-hybridized carbons (Fsp3) is 0.571. The summed E-state index contributed by atoms with van der Waals surface area (Å²) in [5.74, 6) is -0.619. The van der Waals surface area contributed by atoms with Crippen molar-refractivity contribution in [3.05, 3.63) is 24.3 Å². The zero-order valence-electron chi connectivity index (χ0n) is 17.8.